The van der Waals surface area contributed by atoms with Crippen molar-refractivity contribution in [2.75, 3.05) is 13.1 Å². The number of amides is 1. The Kier molecular flexibility index (Phi) is 3.47. The van der Waals surface area contributed by atoms with Crippen LogP contribution in [0.2, 0.25) is 0 Å². The third-order valence-corrected chi connectivity index (χ3v) is 3.57. The molecule has 1 aromatic heterocycles. The lowest BCUT2D eigenvalue weighted by atomic mass is 9.68. The van der Waals surface area contributed by atoms with E-state index in [-0.39, 0.29) is 11.3 Å². The molecule has 3 N–H and O–H groups in total. The van der Waals surface area contributed by atoms with Crippen LogP contribution >= 0.6 is 0 Å². The number of hydrogen-bond donors (Lipinski definition) is 2. The SMILES string of the molecule is Cc1cnn(CCNC(=O)C2(CN)CCC2)c1. The molecule has 1 aliphatic carbocycles. The van der Waals surface area contributed by atoms with Crippen LogP contribution in [0.15, 0.2) is 12.4 Å². The highest BCUT2D eigenvalue weighted by atomic mass is 16.2. The Bertz CT molecular complexity index is 389. The Balaban J connectivity index is 1.77. The molecule has 1 saturated carbocycles. The van der Waals surface area contributed by atoms with Gasteiger partial charge in [0.2, 0.25) is 5.91 Å². The summed E-state index contributed by atoms with van der Waals surface area (Å²) in [6.07, 6.45) is 6.75. The lowest BCUT2D eigenvalue weighted by Gasteiger charge is -2.39. The minimum atomic E-state index is -0.278. The number of nitrogens with two attached hydrogens (primary N) is 1. The van der Waals surface area contributed by atoms with Gasteiger partial charge in [0.05, 0.1) is 18.2 Å². The number of rotatable bonds is 5. The Labute approximate surface area is 101 Å². The molecule has 0 radical (unpaired) electrons. The van der Waals surface area contributed by atoms with E-state index in [9.17, 15) is 4.79 Å². The van der Waals surface area contributed by atoms with Gasteiger partial charge in [0, 0.05) is 19.3 Å². The maximum Gasteiger partial charge on any atom is 0.227 e. The first kappa shape index (κ1) is 12.1. The van der Waals surface area contributed by atoms with E-state index in [4.69, 9.17) is 5.73 Å². The summed E-state index contributed by atoms with van der Waals surface area (Å²) >= 11 is 0. The summed E-state index contributed by atoms with van der Waals surface area (Å²) in [5.41, 5.74) is 6.53. The second-order valence-corrected chi connectivity index (χ2v) is 4.87. The normalized spacial score (nSPS) is 17.5. The predicted octanol–water partition coefficient (Wildman–Crippen LogP) is 0.437. The molecule has 1 amide bonds. The first-order chi connectivity index (χ1) is 8.16. The fourth-order valence-corrected chi connectivity index (χ4v) is 2.19. The van der Waals surface area contributed by atoms with E-state index in [2.05, 4.69) is 10.4 Å². The molecular formula is C12H20N4O. The highest BCUT2D eigenvalue weighted by Crippen LogP contribution is 2.39. The van der Waals surface area contributed by atoms with Crippen LogP contribution in [-0.4, -0.2) is 28.8 Å². The summed E-state index contributed by atoms with van der Waals surface area (Å²) in [5, 5.41) is 7.12. The van der Waals surface area contributed by atoms with E-state index in [1.54, 1.807) is 0 Å². The van der Waals surface area contributed by atoms with Crippen LogP contribution in [0, 0.1) is 12.3 Å². The van der Waals surface area contributed by atoms with Crippen molar-refractivity contribution in [2.24, 2.45) is 11.1 Å². The smallest absolute Gasteiger partial charge is 0.227 e. The number of carbonyl (C=O) groups excluding carboxylic acids is 1. The van der Waals surface area contributed by atoms with Gasteiger partial charge in [-0.3, -0.25) is 9.48 Å². The summed E-state index contributed by atoms with van der Waals surface area (Å²) < 4.78 is 1.84. The number of aromatic nitrogens is 2. The Hall–Kier alpha value is -1.36. The predicted molar refractivity (Wildman–Crippen MR) is 65.3 cm³/mol. The van der Waals surface area contributed by atoms with E-state index in [0.717, 1.165) is 24.8 Å². The molecule has 0 bridgehead atoms. The molecule has 2 rings (SSSR count). The fourth-order valence-electron chi connectivity index (χ4n) is 2.19. The maximum atomic E-state index is 12.0. The monoisotopic (exact) mass is 236 g/mol. The second kappa shape index (κ2) is 4.87. The topological polar surface area (TPSA) is 72.9 Å². The average molecular weight is 236 g/mol. The van der Waals surface area contributed by atoms with Crippen molar-refractivity contribution in [3.8, 4) is 0 Å². The molecule has 1 aliphatic rings. The molecule has 1 heterocycles. The van der Waals surface area contributed by atoms with Crippen LogP contribution in [0.25, 0.3) is 0 Å². The van der Waals surface area contributed by atoms with Crippen LogP contribution in [0.1, 0.15) is 24.8 Å². The van der Waals surface area contributed by atoms with E-state index in [0.29, 0.717) is 19.6 Å². The molecule has 17 heavy (non-hydrogen) atoms. The van der Waals surface area contributed by atoms with Gasteiger partial charge >= 0.3 is 0 Å². The van der Waals surface area contributed by atoms with Gasteiger partial charge in [0.15, 0.2) is 0 Å². The average Bonchev–Trinajstić information content (AvgIpc) is 2.63. The molecular weight excluding hydrogens is 216 g/mol. The zero-order valence-electron chi connectivity index (χ0n) is 10.3. The quantitative estimate of drug-likeness (QED) is 0.779. The zero-order chi connectivity index (χ0) is 12.3. The standard InChI is InChI=1S/C12H20N4O/c1-10-7-15-16(8-10)6-5-14-11(17)12(9-13)3-2-4-12/h7-8H,2-6,9,13H2,1H3,(H,14,17). The minimum Gasteiger partial charge on any atom is -0.354 e. The third kappa shape index (κ3) is 2.49. The highest BCUT2D eigenvalue weighted by Gasteiger charge is 2.42. The molecule has 0 spiro atoms. The van der Waals surface area contributed by atoms with Crippen LogP contribution in [0.4, 0.5) is 0 Å². The van der Waals surface area contributed by atoms with Gasteiger partial charge in [-0.25, -0.2) is 0 Å². The summed E-state index contributed by atoms with van der Waals surface area (Å²) in [6.45, 7) is 3.78. The third-order valence-electron chi connectivity index (χ3n) is 3.57. The lowest BCUT2D eigenvalue weighted by molar-refractivity contribution is -0.135. The van der Waals surface area contributed by atoms with Gasteiger partial charge in [0.25, 0.3) is 0 Å². The summed E-state index contributed by atoms with van der Waals surface area (Å²) in [7, 11) is 0. The van der Waals surface area contributed by atoms with E-state index < -0.39 is 0 Å². The van der Waals surface area contributed by atoms with Crippen molar-refractivity contribution in [2.45, 2.75) is 32.7 Å². The summed E-state index contributed by atoms with van der Waals surface area (Å²) in [5.74, 6) is 0.107. The molecule has 94 valence electrons. The number of hydrogen-bond acceptors (Lipinski definition) is 3. The Morgan fingerprint density at radius 2 is 2.41 bits per heavy atom. The minimum absolute atomic E-state index is 0.107. The van der Waals surface area contributed by atoms with Crippen molar-refractivity contribution >= 4 is 5.91 Å². The van der Waals surface area contributed by atoms with Gasteiger partial charge in [-0.15, -0.1) is 0 Å². The lowest BCUT2D eigenvalue weighted by Crippen LogP contribution is -2.50. The van der Waals surface area contributed by atoms with Gasteiger partial charge in [-0.2, -0.15) is 5.10 Å². The summed E-state index contributed by atoms with van der Waals surface area (Å²) in [6, 6.07) is 0. The highest BCUT2D eigenvalue weighted by molar-refractivity contribution is 5.83. The van der Waals surface area contributed by atoms with E-state index in [1.807, 2.05) is 24.0 Å². The molecule has 1 aromatic rings. The molecule has 0 aromatic carbocycles. The van der Waals surface area contributed by atoms with E-state index in [1.165, 1.54) is 0 Å². The first-order valence-corrected chi connectivity index (χ1v) is 6.14. The first-order valence-electron chi connectivity index (χ1n) is 6.14. The summed E-state index contributed by atoms with van der Waals surface area (Å²) in [4.78, 5) is 12.0. The van der Waals surface area contributed by atoms with Gasteiger partial charge in [-0.05, 0) is 25.3 Å². The van der Waals surface area contributed by atoms with Gasteiger partial charge < -0.3 is 11.1 Å². The molecule has 0 saturated heterocycles. The second-order valence-electron chi connectivity index (χ2n) is 4.87. The van der Waals surface area contributed by atoms with Crippen molar-refractivity contribution in [1.29, 1.82) is 0 Å². The van der Waals surface area contributed by atoms with Gasteiger partial charge in [-0.1, -0.05) is 6.42 Å². The number of nitrogens with zero attached hydrogens (tertiary/aromatic N) is 2. The van der Waals surface area contributed by atoms with Gasteiger partial charge in [0.1, 0.15) is 0 Å². The van der Waals surface area contributed by atoms with Crippen molar-refractivity contribution in [3.63, 3.8) is 0 Å². The van der Waals surface area contributed by atoms with Crippen LogP contribution < -0.4 is 11.1 Å². The molecule has 0 aliphatic heterocycles. The van der Waals surface area contributed by atoms with Crippen LogP contribution in [-0.2, 0) is 11.3 Å². The number of nitrogens with one attached hydrogen (secondary N) is 1. The van der Waals surface area contributed by atoms with Crippen molar-refractivity contribution < 1.29 is 4.79 Å². The molecule has 5 nitrogen and oxygen atoms in total. The van der Waals surface area contributed by atoms with Crippen LogP contribution in [0.5, 0.6) is 0 Å². The van der Waals surface area contributed by atoms with Crippen molar-refractivity contribution in [3.05, 3.63) is 18.0 Å². The zero-order valence-corrected chi connectivity index (χ0v) is 10.3. The van der Waals surface area contributed by atoms with E-state index >= 15 is 0 Å². The fraction of sp³-hybridized carbons (Fsp3) is 0.667. The molecule has 0 unspecified atom stereocenters. The molecule has 1 fully saturated rings. The Morgan fingerprint density at radius 1 is 1.65 bits per heavy atom. The molecule has 5 heteroatoms. The Morgan fingerprint density at radius 3 is 2.88 bits per heavy atom. The largest absolute Gasteiger partial charge is 0.354 e. The number of carbonyl (C=O) groups is 1. The molecule has 0 atom stereocenters. The van der Waals surface area contributed by atoms with Crippen LogP contribution in [0.3, 0.4) is 0 Å². The van der Waals surface area contributed by atoms with Crippen molar-refractivity contribution in [1.82, 2.24) is 15.1 Å². The number of aryl methyl sites for hydroxylation is 1. The maximum absolute atomic E-state index is 12.0.